The van der Waals surface area contributed by atoms with Crippen LogP contribution in [0.3, 0.4) is 0 Å². The van der Waals surface area contributed by atoms with Gasteiger partial charge in [0.1, 0.15) is 5.75 Å². The third kappa shape index (κ3) is 4.61. The van der Waals surface area contributed by atoms with E-state index in [4.69, 9.17) is 9.26 Å². The molecule has 0 aliphatic rings. The van der Waals surface area contributed by atoms with Crippen LogP contribution in [0.2, 0.25) is 0 Å². The summed E-state index contributed by atoms with van der Waals surface area (Å²) in [7, 11) is 1.60. The SMILES string of the molecule is COc1ccc(NC(=O)c2ccc(NCc3nc(-c4ccsc4)no3)cc2)cc1. The first-order valence-electron chi connectivity index (χ1n) is 8.86. The summed E-state index contributed by atoms with van der Waals surface area (Å²) in [4.78, 5) is 16.7. The predicted molar refractivity (Wildman–Crippen MR) is 112 cm³/mol. The van der Waals surface area contributed by atoms with E-state index in [9.17, 15) is 4.79 Å². The molecule has 146 valence electrons. The van der Waals surface area contributed by atoms with Crippen molar-refractivity contribution in [3.8, 4) is 17.1 Å². The van der Waals surface area contributed by atoms with E-state index in [2.05, 4.69) is 20.8 Å². The van der Waals surface area contributed by atoms with Crippen molar-refractivity contribution in [1.82, 2.24) is 10.1 Å². The fourth-order valence-electron chi connectivity index (χ4n) is 2.63. The van der Waals surface area contributed by atoms with Gasteiger partial charge in [-0.3, -0.25) is 4.79 Å². The van der Waals surface area contributed by atoms with Crippen LogP contribution in [0.4, 0.5) is 11.4 Å². The fraction of sp³-hybridized carbons (Fsp3) is 0.0952. The van der Waals surface area contributed by atoms with Gasteiger partial charge in [-0.1, -0.05) is 5.16 Å². The van der Waals surface area contributed by atoms with Crippen LogP contribution in [0.15, 0.2) is 69.9 Å². The third-order valence-corrected chi connectivity index (χ3v) is 4.87. The van der Waals surface area contributed by atoms with E-state index >= 15 is 0 Å². The molecule has 0 fully saturated rings. The van der Waals surface area contributed by atoms with Crippen molar-refractivity contribution in [2.24, 2.45) is 0 Å². The Morgan fingerprint density at radius 2 is 1.83 bits per heavy atom. The molecule has 2 N–H and O–H groups in total. The van der Waals surface area contributed by atoms with Crippen molar-refractivity contribution in [1.29, 1.82) is 0 Å². The smallest absolute Gasteiger partial charge is 0.255 e. The number of hydrogen-bond acceptors (Lipinski definition) is 7. The monoisotopic (exact) mass is 406 g/mol. The summed E-state index contributed by atoms with van der Waals surface area (Å²) in [6, 6.07) is 16.3. The van der Waals surface area contributed by atoms with Gasteiger partial charge < -0.3 is 19.9 Å². The number of amides is 1. The molecule has 0 aliphatic carbocycles. The molecule has 0 saturated heterocycles. The second-order valence-electron chi connectivity index (χ2n) is 6.14. The average molecular weight is 406 g/mol. The zero-order chi connectivity index (χ0) is 20.1. The minimum Gasteiger partial charge on any atom is -0.497 e. The van der Waals surface area contributed by atoms with Gasteiger partial charge in [-0.05, 0) is 60.0 Å². The molecule has 0 saturated carbocycles. The summed E-state index contributed by atoms with van der Waals surface area (Å²) in [5.74, 6) is 1.63. The summed E-state index contributed by atoms with van der Waals surface area (Å²) < 4.78 is 10.4. The topological polar surface area (TPSA) is 89.3 Å². The first-order chi connectivity index (χ1) is 14.2. The molecule has 2 aromatic carbocycles. The van der Waals surface area contributed by atoms with Crippen molar-refractivity contribution in [2.75, 3.05) is 17.7 Å². The van der Waals surface area contributed by atoms with E-state index in [-0.39, 0.29) is 5.91 Å². The van der Waals surface area contributed by atoms with Crippen molar-refractivity contribution in [3.63, 3.8) is 0 Å². The molecule has 29 heavy (non-hydrogen) atoms. The minimum absolute atomic E-state index is 0.181. The number of carbonyl (C=O) groups excluding carboxylic acids is 1. The Kier molecular flexibility index (Phi) is 5.53. The first kappa shape index (κ1) is 18.7. The lowest BCUT2D eigenvalue weighted by Gasteiger charge is -2.08. The van der Waals surface area contributed by atoms with Crippen LogP contribution >= 0.6 is 11.3 Å². The zero-order valence-corrected chi connectivity index (χ0v) is 16.4. The number of hydrogen-bond donors (Lipinski definition) is 2. The van der Waals surface area contributed by atoms with E-state index < -0.39 is 0 Å². The highest BCUT2D eigenvalue weighted by atomic mass is 32.1. The molecule has 4 aromatic rings. The highest BCUT2D eigenvalue weighted by Crippen LogP contribution is 2.20. The van der Waals surface area contributed by atoms with Crippen molar-refractivity contribution in [3.05, 3.63) is 76.8 Å². The first-order valence-corrected chi connectivity index (χ1v) is 9.80. The van der Waals surface area contributed by atoms with Crippen LogP contribution in [0, 0.1) is 0 Å². The number of carbonyl (C=O) groups is 1. The van der Waals surface area contributed by atoms with Gasteiger partial charge in [0.25, 0.3) is 5.91 Å². The van der Waals surface area contributed by atoms with Crippen LogP contribution in [-0.2, 0) is 6.54 Å². The van der Waals surface area contributed by atoms with Gasteiger partial charge in [0, 0.05) is 27.9 Å². The second-order valence-corrected chi connectivity index (χ2v) is 6.92. The van der Waals surface area contributed by atoms with Gasteiger partial charge in [-0.2, -0.15) is 16.3 Å². The number of anilines is 2. The number of rotatable bonds is 7. The Bertz CT molecular complexity index is 1070. The van der Waals surface area contributed by atoms with E-state index in [0.717, 1.165) is 17.0 Å². The number of nitrogens with one attached hydrogen (secondary N) is 2. The number of methoxy groups -OCH3 is 1. The number of benzene rings is 2. The standard InChI is InChI=1S/C21H18N4O3S/c1-27-18-8-6-17(7-9-18)23-21(26)14-2-4-16(5-3-14)22-12-19-24-20(25-28-19)15-10-11-29-13-15/h2-11,13,22H,12H2,1H3,(H,23,26). The van der Waals surface area contributed by atoms with Crippen LogP contribution in [0.5, 0.6) is 5.75 Å². The second kappa shape index (κ2) is 8.57. The third-order valence-electron chi connectivity index (χ3n) is 4.19. The Balaban J connectivity index is 1.33. The van der Waals surface area contributed by atoms with E-state index in [0.29, 0.717) is 29.5 Å². The maximum absolute atomic E-state index is 12.4. The predicted octanol–water partition coefficient (Wildman–Crippen LogP) is 4.67. The molecule has 1 amide bonds. The fourth-order valence-corrected chi connectivity index (χ4v) is 3.26. The van der Waals surface area contributed by atoms with Crippen molar-refractivity contribution in [2.45, 2.75) is 6.54 Å². The Labute approximate surface area is 171 Å². The highest BCUT2D eigenvalue weighted by molar-refractivity contribution is 7.08. The summed E-state index contributed by atoms with van der Waals surface area (Å²) in [5.41, 5.74) is 3.05. The molecule has 8 heteroatoms. The average Bonchev–Trinajstić information content (AvgIpc) is 3.45. The van der Waals surface area contributed by atoms with Gasteiger partial charge in [0.15, 0.2) is 0 Å². The normalized spacial score (nSPS) is 10.5. The summed E-state index contributed by atoms with van der Waals surface area (Å²) in [6.45, 7) is 0.397. The zero-order valence-electron chi connectivity index (χ0n) is 15.6. The molecule has 0 spiro atoms. The molecule has 0 unspecified atom stereocenters. The summed E-state index contributed by atoms with van der Waals surface area (Å²) >= 11 is 1.58. The van der Waals surface area contributed by atoms with Gasteiger partial charge in [-0.15, -0.1) is 0 Å². The lowest BCUT2D eigenvalue weighted by molar-refractivity contribution is 0.102. The molecule has 0 radical (unpaired) electrons. The van der Waals surface area contributed by atoms with E-state index in [1.54, 1.807) is 54.8 Å². The number of thiophene rings is 1. The number of nitrogens with zero attached hydrogens (tertiary/aromatic N) is 2. The van der Waals surface area contributed by atoms with E-state index in [1.165, 1.54) is 0 Å². The molecule has 2 aromatic heterocycles. The molecular formula is C21H18N4O3S. The molecule has 0 aliphatic heterocycles. The molecule has 0 atom stereocenters. The van der Waals surface area contributed by atoms with Gasteiger partial charge in [0.2, 0.25) is 11.7 Å². The number of aromatic nitrogens is 2. The van der Waals surface area contributed by atoms with Gasteiger partial charge in [0.05, 0.1) is 13.7 Å². The van der Waals surface area contributed by atoms with E-state index in [1.807, 2.05) is 29.0 Å². The van der Waals surface area contributed by atoms with Gasteiger partial charge in [-0.25, -0.2) is 0 Å². The van der Waals surface area contributed by atoms with Crippen LogP contribution in [0.25, 0.3) is 11.4 Å². The Morgan fingerprint density at radius 3 is 2.52 bits per heavy atom. The highest BCUT2D eigenvalue weighted by Gasteiger charge is 2.09. The van der Waals surface area contributed by atoms with Crippen LogP contribution in [0.1, 0.15) is 16.2 Å². The lowest BCUT2D eigenvalue weighted by Crippen LogP contribution is -2.11. The Morgan fingerprint density at radius 1 is 1.07 bits per heavy atom. The molecule has 4 rings (SSSR count). The maximum Gasteiger partial charge on any atom is 0.255 e. The molecule has 0 bridgehead atoms. The van der Waals surface area contributed by atoms with Crippen molar-refractivity contribution >= 4 is 28.6 Å². The van der Waals surface area contributed by atoms with Gasteiger partial charge >= 0.3 is 0 Å². The molecular weight excluding hydrogens is 388 g/mol. The number of ether oxygens (including phenoxy) is 1. The lowest BCUT2D eigenvalue weighted by atomic mass is 10.2. The minimum atomic E-state index is -0.181. The maximum atomic E-state index is 12.4. The van der Waals surface area contributed by atoms with Crippen molar-refractivity contribution < 1.29 is 14.1 Å². The summed E-state index contributed by atoms with van der Waals surface area (Å²) in [6.07, 6.45) is 0. The Hall–Kier alpha value is -3.65. The summed E-state index contributed by atoms with van der Waals surface area (Å²) in [5, 5.41) is 14.0. The molecule has 2 heterocycles. The van der Waals surface area contributed by atoms with Crippen LogP contribution in [-0.4, -0.2) is 23.2 Å². The largest absolute Gasteiger partial charge is 0.497 e. The molecule has 7 nitrogen and oxygen atoms in total. The van der Waals surface area contributed by atoms with Crippen LogP contribution < -0.4 is 15.4 Å². The quantitative estimate of drug-likeness (QED) is 0.464.